The van der Waals surface area contributed by atoms with Crippen molar-refractivity contribution in [3.63, 3.8) is 0 Å². The van der Waals surface area contributed by atoms with E-state index in [1.807, 2.05) is 19.1 Å². The molecule has 0 unspecified atom stereocenters. The van der Waals surface area contributed by atoms with Crippen LogP contribution in [0.25, 0.3) is 11.1 Å². The Kier molecular flexibility index (Phi) is 5.22. The summed E-state index contributed by atoms with van der Waals surface area (Å²) in [4.78, 5) is 29.1. The number of carbonyl (C=O) groups excluding carboxylic acids is 1. The maximum Gasteiger partial charge on any atom is 0.331 e. The summed E-state index contributed by atoms with van der Waals surface area (Å²) in [6.45, 7) is 3.11. The second-order valence-electron chi connectivity index (χ2n) is 7.19. The van der Waals surface area contributed by atoms with Gasteiger partial charge in [0.25, 0.3) is 0 Å². The highest BCUT2D eigenvalue weighted by Gasteiger charge is 2.30. The summed E-state index contributed by atoms with van der Waals surface area (Å²) in [6, 6.07) is 8.41. The van der Waals surface area contributed by atoms with Crippen LogP contribution in [0, 0.1) is 12.7 Å². The van der Waals surface area contributed by atoms with Crippen molar-refractivity contribution in [2.75, 3.05) is 5.73 Å². The molecule has 0 radical (unpaired) electrons. The van der Waals surface area contributed by atoms with Crippen LogP contribution in [-0.2, 0) is 16.1 Å². The zero-order valence-electron chi connectivity index (χ0n) is 16.6. The van der Waals surface area contributed by atoms with Gasteiger partial charge in [0.1, 0.15) is 5.82 Å². The van der Waals surface area contributed by atoms with E-state index < -0.39 is 5.97 Å². The summed E-state index contributed by atoms with van der Waals surface area (Å²) in [5.74, 6) is -0.746. The number of hydrogen-bond acceptors (Lipinski definition) is 7. The van der Waals surface area contributed by atoms with Crippen LogP contribution in [0.3, 0.4) is 0 Å². The minimum Gasteiger partial charge on any atom is -0.368 e. The van der Waals surface area contributed by atoms with Crippen molar-refractivity contribution in [2.24, 2.45) is 5.16 Å². The third-order valence-corrected chi connectivity index (χ3v) is 5.06. The average molecular weight is 405 g/mol. The quantitative estimate of drug-likeness (QED) is 0.528. The predicted octanol–water partition coefficient (Wildman–Crippen LogP) is 3.57. The molecule has 7 nitrogen and oxygen atoms in total. The summed E-state index contributed by atoms with van der Waals surface area (Å²) in [6.07, 6.45) is 4.42. The number of pyridine rings is 1. The highest BCUT2D eigenvalue weighted by atomic mass is 19.1. The largest absolute Gasteiger partial charge is 0.368 e. The molecule has 3 aromatic rings. The SMILES string of the molecule is CC(=O)O/N=C1\C[C@H](c2ccc(F)cc2-c2cccnc2)Cc2nc(N)nc(C)c21. The number of anilines is 1. The first kappa shape index (κ1) is 19.6. The van der Waals surface area contributed by atoms with Gasteiger partial charge in [-0.15, -0.1) is 0 Å². The van der Waals surface area contributed by atoms with Gasteiger partial charge in [0, 0.05) is 36.9 Å². The van der Waals surface area contributed by atoms with Gasteiger partial charge >= 0.3 is 5.97 Å². The van der Waals surface area contributed by atoms with E-state index in [-0.39, 0.29) is 17.7 Å². The number of nitrogen functional groups attached to an aromatic ring is 1. The summed E-state index contributed by atoms with van der Waals surface area (Å²) in [7, 11) is 0. The maximum absolute atomic E-state index is 14.1. The molecule has 0 saturated carbocycles. The molecule has 30 heavy (non-hydrogen) atoms. The molecule has 2 aromatic heterocycles. The number of oxime groups is 1. The zero-order chi connectivity index (χ0) is 21.3. The van der Waals surface area contributed by atoms with Crippen LogP contribution in [0.1, 0.15) is 41.8 Å². The smallest absolute Gasteiger partial charge is 0.331 e. The van der Waals surface area contributed by atoms with Gasteiger partial charge in [0.15, 0.2) is 0 Å². The minimum atomic E-state index is -0.516. The van der Waals surface area contributed by atoms with E-state index in [1.54, 1.807) is 18.5 Å². The van der Waals surface area contributed by atoms with Crippen LogP contribution in [0.15, 0.2) is 47.9 Å². The van der Waals surface area contributed by atoms with Crippen molar-refractivity contribution in [2.45, 2.75) is 32.6 Å². The van der Waals surface area contributed by atoms with Gasteiger partial charge in [-0.2, -0.15) is 0 Å². The standard InChI is InChI=1S/C22H20FN5O2/c1-12-21-19(27-22(24)26-12)8-15(9-20(21)28-30-13(2)29)17-6-5-16(23)10-18(17)14-4-3-7-25-11-14/h3-7,10-11,15H,8-9H2,1-2H3,(H2,24,26,27)/b28-20+/t15-/m1/s1. The molecule has 2 N–H and O–H groups in total. The first-order valence-corrected chi connectivity index (χ1v) is 9.50. The molecule has 0 spiro atoms. The normalized spacial score (nSPS) is 16.9. The maximum atomic E-state index is 14.1. The summed E-state index contributed by atoms with van der Waals surface area (Å²) < 4.78 is 14.1. The first-order chi connectivity index (χ1) is 14.4. The highest BCUT2D eigenvalue weighted by molar-refractivity contribution is 6.04. The van der Waals surface area contributed by atoms with E-state index in [4.69, 9.17) is 10.6 Å². The lowest BCUT2D eigenvalue weighted by molar-refractivity contribution is -0.140. The molecule has 152 valence electrons. The number of hydrogen-bond donors (Lipinski definition) is 1. The van der Waals surface area contributed by atoms with E-state index in [9.17, 15) is 9.18 Å². The Morgan fingerprint density at radius 3 is 2.83 bits per heavy atom. The second-order valence-corrected chi connectivity index (χ2v) is 7.19. The zero-order valence-corrected chi connectivity index (χ0v) is 16.6. The van der Waals surface area contributed by atoms with Crippen LogP contribution >= 0.6 is 0 Å². The Labute approximate surface area is 172 Å². The van der Waals surface area contributed by atoms with Crippen molar-refractivity contribution < 1.29 is 14.0 Å². The number of nitrogens with zero attached hydrogens (tertiary/aromatic N) is 4. The third-order valence-electron chi connectivity index (χ3n) is 5.06. The number of fused-ring (bicyclic) bond motifs is 1. The molecule has 1 atom stereocenters. The minimum absolute atomic E-state index is 0.0729. The molecular formula is C22H20FN5O2. The van der Waals surface area contributed by atoms with E-state index >= 15 is 0 Å². The van der Waals surface area contributed by atoms with Gasteiger partial charge in [0.2, 0.25) is 5.95 Å². The fraction of sp³-hybridized carbons (Fsp3) is 0.227. The molecule has 8 heteroatoms. The van der Waals surface area contributed by atoms with Gasteiger partial charge in [-0.3, -0.25) is 4.98 Å². The number of benzene rings is 1. The highest BCUT2D eigenvalue weighted by Crippen LogP contribution is 2.38. The van der Waals surface area contributed by atoms with E-state index in [1.165, 1.54) is 19.1 Å². The lowest BCUT2D eigenvalue weighted by Gasteiger charge is -2.27. The van der Waals surface area contributed by atoms with Crippen molar-refractivity contribution in [1.82, 2.24) is 15.0 Å². The molecule has 0 saturated heterocycles. The first-order valence-electron chi connectivity index (χ1n) is 9.50. The number of nitrogens with two attached hydrogens (primary N) is 1. The van der Waals surface area contributed by atoms with Gasteiger partial charge in [-0.25, -0.2) is 19.2 Å². The molecule has 1 aromatic carbocycles. The van der Waals surface area contributed by atoms with Crippen LogP contribution in [-0.4, -0.2) is 26.6 Å². The van der Waals surface area contributed by atoms with E-state index in [2.05, 4.69) is 20.1 Å². The molecule has 1 aliphatic carbocycles. The van der Waals surface area contributed by atoms with E-state index in [0.29, 0.717) is 24.2 Å². The third kappa shape index (κ3) is 3.89. The average Bonchev–Trinajstić information content (AvgIpc) is 2.72. The Hall–Kier alpha value is -3.68. The van der Waals surface area contributed by atoms with Crippen LogP contribution < -0.4 is 5.73 Å². The lowest BCUT2D eigenvalue weighted by Crippen LogP contribution is -2.24. The molecule has 2 heterocycles. The van der Waals surface area contributed by atoms with Gasteiger partial charge in [-0.1, -0.05) is 17.3 Å². The number of aryl methyl sites for hydroxylation is 1. The molecule has 0 bridgehead atoms. The molecule has 1 aliphatic rings. The fourth-order valence-corrected chi connectivity index (χ4v) is 3.90. The fourth-order valence-electron chi connectivity index (χ4n) is 3.90. The number of halogens is 1. The van der Waals surface area contributed by atoms with E-state index in [0.717, 1.165) is 27.9 Å². The van der Waals surface area contributed by atoms with Crippen molar-refractivity contribution in [3.05, 3.63) is 71.1 Å². The molecule has 0 fully saturated rings. The number of rotatable bonds is 3. The van der Waals surface area contributed by atoms with Crippen LogP contribution in [0.5, 0.6) is 0 Å². The molecular weight excluding hydrogens is 385 g/mol. The monoisotopic (exact) mass is 405 g/mol. The van der Waals surface area contributed by atoms with Gasteiger partial charge in [0.05, 0.1) is 17.1 Å². The van der Waals surface area contributed by atoms with Crippen LogP contribution in [0.2, 0.25) is 0 Å². The predicted molar refractivity (Wildman–Crippen MR) is 110 cm³/mol. The van der Waals surface area contributed by atoms with Gasteiger partial charge < -0.3 is 10.6 Å². The van der Waals surface area contributed by atoms with Crippen molar-refractivity contribution in [3.8, 4) is 11.1 Å². The summed E-state index contributed by atoms with van der Waals surface area (Å²) in [5, 5.41) is 4.07. The molecule has 4 rings (SSSR count). The molecule has 0 amide bonds. The number of carbonyl (C=O) groups is 1. The Balaban J connectivity index is 1.83. The van der Waals surface area contributed by atoms with Gasteiger partial charge in [-0.05, 0) is 48.6 Å². The Morgan fingerprint density at radius 2 is 2.10 bits per heavy atom. The number of aromatic nitrogens is 3. The summed E-state index contributed by atoms with van der Waals surface area (Å²) >= 11 is 0. The topological polar surface area (TPSA) is 103 Å². The Bertz CT molecular complexity index is 1150. The van der Waals surface area contributed by atoms with Crippen molar-refractivity contribution in [1.29, 1.82) is 0 Å². The Morgan fingerprint density at radius 1 is 1.27 bits per heavy atom. The second kappa shape index (κ2) is 7.98. The van der Waals surface area contributed by atoms with Crippen LogP contribution in [0.4, 0.5) is 10.3 Å². The molecule has 0 aliphatic heterocycles. The summed E-state index contributed by atoms with van der Waals surface area (Å²) in [5.41, 5.74) is 11.1. The lowest BCUT2D eigenvalue weighted by atomic mass is 9.78. The van der Waals surface area contributed by atoms with Crippen molar-refractivity contribution >= 4 is 17.6 Å².